The van der Waals surface area contributed by atoms with Crippen molar-refractivity contribution in [1.29, 1.82) is 0 Å². The Morgan fingerprint density at radius 3 is 1.32 bits per heavy atom. The van der Waals surface area contributed by atoms with Crippen LogP contribution in [0, 0.1) is 0 Å². The van der Waals surface area contributed by atoms with Gasteiger partial charge in [-0.3, -0.25) is 20.4 Å². The molecule has 0 saturated carbocycles. The summed E-state index contributed by atoms with van der Waals surface area (Å²) in [5, 5.41) is 5.20. The van der Waals surface area contributed by atoms with Crippen LogP contribution < -0.4 is 41.8 Å². The fourth-order valence-electron chi connectivity index (χ4n) is 5.05. The predicted octanol–water partition coefficient (Wildman–Crippen LogP) is 8.10. The molecule has 12 nitrogen and oxygen atoms in total. The average molecular weight is 689 g/mol. The Morgan fingerprint density at radius 1 is 0.480 bits per heavy atom. The highest BCUT2D eigenvalue weighted by Gasteiger charge is 2.15. The second-order valence-electron chi connectivity index (χ2n) is 11.9. The molecule has 0 heterocycles. The van der Waals surface area contributed by atoms with Crippen LogP contribution in [0.25, 0.3) is 0 Å². The van der Waals surface area contributed by atoms with E-state index in [0.29, 0.717) is 47.2 Å². The third kappa shape index (κ3) is 14.9. The number of hydrogen-bond donors (Lipinski definition) is 6. The van der Waals surface area contributed by atoms with Gasteiger partial charge in [0.25, 0.3) is 11.8 Å². The van der Waals surface area contributed by atoms with Crippen LogP contribution in [0.3, 0.4) is 0 Å². The van der Waals surface area contributed by atoms with Crippen molar-refractivity contribution in [2.45, 2.75) is 90.9 Å². The minimum Gasteiger partial charge on any atom is -0.493 e. The Balaban J connectivity index is 1.41. The highest BCUT2D eigenvalue weighted by molar-refractivity contribution is 6.00. The van der Waals surface area contributed by atoms with Gasteiger partial charge in [0, 0.05) is 11.4 Å². The first kappa shape index (κ1) is 39.2. The maximum atomic E-state index is 12.8. The number of carbonyl (C=O) groups excluding carboxylic acids is 4. The van der Waals surface area contributed by atoms with Gasteiger partial charge in [-0.2, -0.15) is 0 Å². The summed E-state index contributed by atoms with van der Waals surface area (Å²) < 4.78 is 11.7. The Bertz CT molecular complexity index is 1390. The summed E-state index contributed by atoms with van der Waals surface area (Å²) in [6.45, 7) is 5.37. The number of ether oxygens (including phenoxy) is 2. The van der Waals surface area contributed by atoms with Crippen molar-refractivity contribution in [3.63, 3.8) is 0 Å². The fourth-order valence-corrected chi connectivity index (χ4v) is 5.05. The largest absolute Gasteiger partial charge is 0.493 e. The Labute approximate surface area is 295 Å². The van der Waals surface area contributed by atoms with Crippen molar-refractivity contribution < 1.29 is 28.7 Å². The van der Waals surface area contributed by atoms with E-state index in [4.69, 9.17) is 9.47 Å². The lowest BCUT2D eigenvalue weighted by Crippen LogP contribution is -2.44. The van der Waals surface area contributed by atoms with Gasteiger partial charge in [0.15, 0.2) is 0 Å². The molecule has 3 aromatic rings. The van der Waals surface area contributed by atoms with Gasteiger partial charge in [-0.15, -0.1) is 0 Å². The van der Waals surface area contributed by atoms with Gasteiger partial charge < -0.3 is 20.1 Å². The van der Waals surface area contributed by atoms with E-state index >= 15 is 0 Å². The molecule has 0 saturated heterocycles. The number of benzene rings is 3. The van der Waals surface area contributed by atoms with Crippen molar-refractivity contribution in [3.05, 3.63) is 83.9 Å². The van der Waals surface area contributed by atoms with E-state index in [0.717, 1.165) is 38.5 Å². The van der Waals surface area contributed by atoms with Crippen LogP contribution in [-0.4, -0.2) is 37.1 Å². The molecule has 270 valence electrons. The lowest BCUT2D eigenvalue weighted by Gasteiger charge is -2.14. The SMILES string of the molecule is CCCCCCCCOc1ccccc1C(=O)NNC(=O)Nc1cccc(NC(=O)NNC(=O)c2ccccc2OCCCCCCCC)c1. The number of amides is 6. The molecule has 50 heavy (non-hydrogen) atoms. The molecule has 0 radical (unpaired) electrons. The molecule has 6 N–H and O–H groups in total. The number of hydrogen-bond acceptors (Lipinski definition) is 6. The second-order valence-corrected chi connectivity index (χ2v) is 11.9. The van der Waals surface area contributed by atoms with Crippen molar-refractivity contribution in [2.75, 3.05) is 23.8 Å². The molecule has 0 aromatic heterocycles. The Morgan fingerprint density at radius 2 is 0.880 bits per heavy atom. The third-order valence-electron chi connectivity index (χ3n) is 7.73. The summed E-state index contributed by atoms with van der Waals surface area (Å²) in [4.78, 5) is 50.7. The molecule has 0 fully saturated rings. The topological polar surface area (TPSA) is 159 Å². The molecule has 0 bridgehead atoms. The first-order valence-electron chi connectivity index (χ1n) is 17.7. The van der Waals surface area contributed by atoms with E-state index in [1.165, 1.54) is 44.6 Å². The van der Waals surface area contributed by atoms with E-state index in [1.807, 2.05) is 0 Å². The molecule has 6 amide bonds. The fraction of sp³-hybridized carbons (Fsp3) is 0.421. The average Bonchev–Trinajstić information content (AvgIpc) is 3.12. The molecule has 3 aromatic carbocycles. The first-order valence-corrected chi connectivity index (χ1v) is 17.7. The van der Waals surface area contributed by atoms with E-state index in [-0.39, 0.29) is 0 Å². The van der Waals surface area contributed by atoms with Gasteiger partial charge >= 0.3 is 12.1 Å². The smallest absolute Gasteiger partial charge is 0.337 e. The molecule has 3 rings (SSSR count). The number of carbonyl (C=O) groups is 4. The number of para-hydroxylation sites is 2. The van der Waals surface area contributed by atoms with Crippen LogP contribution in [0.2, 0.25) is 0 Å². The van der Waals surface area contributed by atoms with Gasteiger partial charge in [-0.1, -0.05) is 108 Å². The van der Waals surface area contributed by atoms with Crippen molar-refractivity contribution >= 4 is 35.3 Å². The van der Waals surface area contributed by atoms with Crippen molar-refractivity contribution in [3.8, 4) is 11.5 Å². The molecule has 0 unspecified atom stereocenters. The zero-order chi connectivity index (χ0) is 35.8. The first-order chi connectivity index (χ1) is 24.4. The maximum Gasteiger partial charge on any atom is 0.337 e. The van der Waals surface area contributed by atoms with Crippen LogP contribution in [-0.2, 0) is 0 Å². The minimum absolute atomic E-state index is 0.298. The van der Waals surface area contributed by atoms with Gasteiger partial charge in [0.2, 0.25) is 0 Å². The number of unbranched alkanes of at least 4 members (excludes halogenated alkanes) is 10. The zero-order valence-electron chi connectivity index (χ0n) is 29.3. The zero-order valence-corrected chi connectivity index (χ0v) is 29.3. The van der Waals surface area contributed by atoms with Crippen molar-refractivity contribution in [1.82, 2.24) is 21.7 Å². The Kier molecular flexibility index (Phi) is 18.1. The molecule has 0 atom stereocenters. The number of nitrogens with one attached hydrogen (secondary N) is 6. The summed E-state index contributed by atoms with van der Waals surface area (Å²) in [5.41, 5.74) is 10.7. The Hall–Kier alpha value is -5.26. The van der Waals surface area contributed by atoms with Crippen LogP contribution in [0.5, 0.6) is 11.5 Å². The lowest BCUT2D eigenvalue weighted by atomic mass is 10.1. The van der Waals surface area contributed by atoms with Gasteiger partial charge in [0.1, 0.15) is 11.5 Å². The number of anilines is 2. The highest BCUT2D eigenvalue weighted by Crippen LogP contribution is 2.20. The monoisotopic (exact) mass is 688 g/mol. The van der Waals surface area contributed by atoms with E-state index in [9.17, 15) is 19.2 Å². The number of urea groups is 2. The minimum atomic E-state index is -0.699. The van der Waals surface area contributed by atoms with Crippen LogP contribution in [0.4, 0.5) is 21.0 Å². The summed E-state index contributed by atoms with van der Waals surface area (Å²) in [5.74, 6) is -0.176. The summed E-state index contributed by atoms with van der Waals surface area (Å²) >= 11 is 0. The van der Waals surface area contributed by atoms with Crippen molar-refractivity contribution in [2.24, 2.45) is 0 Å². The second kappa shape index (κ2) is 23.2. The molecule has 12 heteroatoms. The summed E-state index contributed by atoms with van der Waals surface area (Å²) in [7, 11) is 0. The lowest BCUT2D eigenvalue weighted by molar-refractivity contribution is 0.0926. The molecule has 0 aliphatic heterocycles. The standard InChI is InChI=1S/C38H52N6O6/c1-3-5-7-9-11-17-26-49-33-24-15-13-22-31(33)35(45)41-43-37(47)39-29-20-19-21-30(28-29)40-38(48)44-42-36(46)32-23-14-16-25-34(32)50-27-18-12-10-8-6-4-2/h13-16,19-25,28H,3-12,17-18,26-27H2,1-2H3,(H,41,45)(H,42,46)(H2,39,43,47)(H2,40,44,48). The van der Waals surface area contributed by atoms with Gasteiger partial charge in [-0.05, 0) is 55.3 Å². The maximum absolute atomic E-state index is 12.8. The quantitative estimate of drug-likeness (QED) is 0.0520. The van der Waals surface area contributed by atoms with Crippen LogP contribution >= 0.6 is 0 Å². The van der Waals surface area contributed by atoms with E-state index in [1.54, 1.807) is 66.7 Å². The van der Waals surface area contributed by atoms with Crippen LogP contribution in [0.15, 0.2) is 72.8 Å². The molecule has 0 aliphatic rings. The van der Waals surface area contributed by atoms with E-state index in [2.05, 4.69) is 46.2 Å². The van der Waals surface area contributed by atoms with Crippen LogP contribution in [0.1, 0.15) is 112 Å². The third-order valence-corrected chi connectivity index (χ3v) is 7.73. The predicted molar refractivity (Wildman–Crippen MR) is 196 cm³/mol. The summed E-state index contributed by atoms with van der Waals surface area (Å²) in [6.07, 6.45) is 13.5. The molecule has 0 spiro atoms. The molecular formula is C38H52N6O6. The number of rotatable bonds is 20. The number of hydrazine groups is 2. The molecular weight excluding hydrogens is 636 g/mol. The normalized spacial score (nSPS) is 10.4. The highest BCUT2D eigenvalue weighted by atomic mass is 16.5. The van der Waals surface area contributed by atoms with E-state index < -0.39 is 23.9 Å². The van der Waals surface area contributed by atoms with Gasteiger partial charge in [-0.25, -0.2) is 20.4 Å². The summed E-state index contributed by atoms with van der Waals surface area (Å²) in [6, 6.07) is 18.7. The molecule has 0 aliphatic carbocycles. The van der Waals surface area contributed by atoms with Gasteiger partial charge in [0.05, 0.1) is 24.3 Å².